The minimum Gasteiger partial charge on any atom is -0.391 e. The Bertz CT molecular complexity index is 762. The van der Waals surface area contributed by atoms with Crippen LogP contribution in [-0.2, 0) is 6.54 Å². The Balaban J connectivity index is 1.44. The van der Waals surface area contributed by atoms with Crippen LogP contribution in [0.2, 0.25) is 0 Å². The molecule has 0 amide bonds. The molecule has 7 nitrogen and oxygen atoms in total. The van der Waals surface area contributed by atoms with Crippen molar-refractivity contribution >= 4 is 17.6 Å². The highest BCUT2D eigenvalue weighted by atomic mass is 16.3. The highest BCUT2D eigenvalue weighted by Gasteiger charge is 2.21. The standard InChI is InChI=1S/C21H30N6O/c28-18-9-14-27(16-18)19-8-11-23-21(25-19)24-15-17-7-6-10-22-20(17)26-12-4-2-1-3-5-13-26/h6-8,10-11,18,28H,1-5,9,12-16H2,(H,23,24,25)/t18-/m0/s1. The molecule has 0 radical (unpaired) electrons. The summed E-state index contributed by atoms with van der Waals surface area (Å²) in [5.41, 5.74) is 1.17. The van der Waals surface area contributed by atoms with E-state index in [1.165, 1.54) is 37.7 Å². The van der Waals surface area contributed by atoms with Crippen molar-refractivity contribution in [3.63, 3.8) is 0 Å². The first kappa shape index (κ1) is 18.9. The molecular weight excluding hydrogens is 352 g/mol. The van der Waals surface area contributed by atoms with Crippen LogP contribution >= 0.6 is 0 Å². The molecule has 0 spiro atoms. The van der Waals surface area contributed by atoms with Crippen molar-refractivity contribution in [3.8, 4) is 0 Å². The van der Waals surface area contributed by atoms with Gasteiger partial charge < -0.3 is 20.2 Å². The van der Waals surface area contributed by atoms with Crippen molar-refractivity contribution in [3.05, 3.63) is 36.2 Å². The molecule has 1 atom stereocenters. The average molecular weight is 383 g/mol. The van der Waals surface area contributed by atoms with Gasteiger partial charge in [-0.15, -0.1) is 0 Å². The maximum atomic E-state index is 9.76. The first-order valence-corrected chi connectivity index (χ1v) is 10.5. The van der Waals surface area contributed by atoms with E-state index in [0.717, 1.165) is 37.7 Å². The fourth-order valence-electron chi connectivity index (χ4n) is 4.05. The van der Waals surface area contributed by atoms with E-state index in [-0.39, 0.29) is 6.10 Å². The third-order valence-corrected chi connectivity index (χ3v) is 5.59. The van der Waals surface area contributed by atoms with Crippen LogP contribution in [0.15, 0.2) is 30.6 Å². The predicted octanol–water partition coefficient (Wildman–Crippen LogP) is 2.83. The van der Waals surface area contributed by atoms with E-state index in [2.05, 4.69) is 36.1 Å². The van der Waals surface area contributed by atoms with E-state index in [1.807, 2.05) is 18.3 Å². The fourth-order valence-corrected chi connectivity index (χ4v) is 4.05. The Kier molecular flexibility index (Phi) is 6.21. The Hall–Kier alpha value is -2.41. The number of aliphatic hydroxyl groups excluding tert-OH is 1. The summed E-state index contributed by atoms with van der Waals surface area (Å²) in [6, 6.07) is 6.03. The van der Waals surface area contributed by atoms with Gasteiger partial charge in [-0.3, -0.25) is 0 Å². The van der Waals surface area contributed by atoms with Crippen LogP contribution in [-0.4, -0.2) is 52.3 Å². The lowest BCUT2D eigenvalue weighted by atomic mass is 10.1. The maximum absolute atomic E-state index is 9.76. The molecule has 0 aromatic carbocycles. The van der Waals surface area contributed by atoms with Crippen LogP contribution in [0.3, 0.4) is 0 Å². The van der Waals surface area contributed by atoms with E-state index >= 15 is 0 Å². The Morgan fingerprint density at radius 3 is 2.57 bits per heavy atom. The van der Waals surface area contributed by atoms with Crippen LogP contribution in [0.1, 0.15) is 44.1 Å². The van der Waals surface area contributed by atoms with Gasteiger partial charge in [-0.05, 0) is 31.4 Å². The number of hydrogen-bond donors (Lipinski definition) is 2. The number of rotatable bonds is 5. The maximum Gasteiger partial charge on any atom is 0.224 e. The monoisotopic (exact) mass is 382 g/mol. The Morgan fingerprint density at radius 1 is 0.964 bits per heavy atom. The molecule has 4 heterocycles. The van der Waals surface area contributed by atoms with Gasteiger partial charge in [0.15, 0.2) is 0 Å². The van der Waals surface area contributed by atoms with Crippen molar-refractivity contribution < 1.29 is 5.11 Å². The van der Waals surface area contributed by atoms with Gasteiger partial charge in [-0.2, -0.15) is 4.98 Å². The number of hydrogen-bond acceptors (Lipinski definition) is 7. The lowest BCUT2D eigenvalue weighted by Crippen LogP contribution is -2.29. The largest absolute Gasteiger partial charge is 0.391 e. The zero-order chi connectivity index (χ0) is 19.2. The molecular formula is C21H30N6O. The molecule has 2 N–H and O–H groups in total. The van der Waals surface area contributed by atoms with E-state index in [4.69, 9.17) is 0 Å². The summed E-state index contributed by atoms with van der Waals surface area (Å²) >= 11 is 0. The lowest BCUT2D eigenvalue weighted by molar-refractivity contribution is 0.198. The molecule has 2 aromatic rings. The summed E-state index contributed by atoms with van der Waals surface area (Å²) < 4.78 is 0. The Labute approximate surface area is 166 Å². The number of nitrogens with zero attached hydrogens (tertiary/aromatic N) is 5. The zero-order valence-electron chi connectivity index (χ0n) is 16.4. The average Bonchev–Trinajstić information content (AvgIpc) is 3.13. The van der Waals surface area contributed by atoms with Gasteiger partial charge in [-0.1, -0.05) is 25.3 Å². The predicted molar refractivity (Wildman–Crippen MR) is 112 cm³/mol. The van der Waals surface area contributed by atoms with Crippen molar-refractivity contribution in [1.29, 1.82) is 0 Å². The third-order valence-electron chi connectivity index (χ3n) is 5.59. The molecule has 7 heteroatoms. The van der Waals surface area contributed by atoms with Crippen molar-refractivity contribution in [1.82, 2.24) is 15.0 Å². The first-order chi connectivity index (χ1) is 13.8. The van der Waals surface area contributed by atoms with Crippen molar-refractivity contribution in [2.24, 2.45) is 0 Å². The normalized spacial score (nSPS) is 20.7. The second-order valence-corrected chi connectivity index (χ2v) is 7.72. The fraction of sp³-hybridized carbons (Fsp3) is 0.571. The highest BCUT2D eigenvalue weighted by Crippen LogP contribution is 2.23. The highest BCUT2D eigenvalue weighted by molar-refractivity contribution is 5.49. The van der Waals surface area contributed by atoms with Gasteiger partial charge in [0, 0.05) is 50.7 Å². The van der Waals surface area contributed by atoms with Gasteiger partial charge >= 0.3 is 0 Å². The van der Waals surface area contributed by atoms with E-state index in [9.17, 15) is 5.11 Å². The minimum atomic E-state index is -0.262. The number of anilines is 3. The third kappa shape index (κ3) is 4.70. The molecule has 2 aliphatic heterocycles. The second kappa shape index (κ2) is 9.19. The summed E-state index contributed by atoms with van der Waals surface area (Å²) in [6.45, 7) is 4.27. The molecule has 2 aliphatic rings. The van der Waals surface area contributed by atoms with Gasteiger partial charge in [0.05, 0.1) is 6.10 Å². The summed E-state index contributed by atoms with van der Waals surface area (Å²) in [5.74, 6) is 2.56. The summed E-state index contributed by atoms with van der Waals surface area (Å²) in [6.07, 6.45) is 10.6. The molecule has 2 fully saturated rings. The van der Waals surface area contributed by atoms with Gasteiger partial charge in [0.1, 0.15) is 11.6 Å². The number of aliphatic hydroxyl groups is 1. The molecule has 0 bridgehead atoms. The first-order valence-electron chi connectivity index (χ1n) is 10.5. The van der Waals surface area contributed by atoms with E-state index in [0.29, 0.717) is 19.0 Å². The minimum absolute atomic E-state index is 0.262. The SMILES string of the molecule is O[C@H]1CCN(c2ccnc(NCc3cccnc3N3CCCCCCC3)n2)C1. The molecule has 150 valence electrons. The van der Waals surface area contributed by atoms with Crippen molar-refractivity contribution in [2.75, 3.05) is 41.3 Å². The molecule has 0 saturated carbocycles. The van der Waals surface area contributed by atoms with Crippen molar-refractivity contribution in [2.45, 2.75) is 51.2 Å². The van der Waals surface area contributed by atoms with Gasteiger partial charge in [0.25, 0.3) is 0 Å². The molecule has 4 rings (SSSR count). The van der Waals surface area contributed by atoms with Crippen LogP contribution < -0.4 is 15.1 Å². The van der Waals surface area contributed by atoms with E-state index in [1.54, 1.807) is 6.20 Å². The van der Waals surface area contributed by atoms with Crippen LogP contribution in [0.5, 0.6) is 0 Å². The number of β-amino-alcohol motifs (C(OH)–C–C–N with tert-alkyl or cyclic N) is 1. The van der Waals surface area contributed by atoms with Crippen LogP contribution in [0.25, 0.3) is 0 Å². The number of pyridine rings is 1. The smallest absolute Gasteiger partial charge is 0.224 e. The summed E-state index contributed by atoms with van der Waals surface area (Å²) in [7, 11) is 0. The zero-order valence-corrected chi connectivity index (χ0v) is 16.4. The van der Waals surface area contributed by atoms with Gasteiger partial charge in [0.2, 0.25) is 5.95 Å². The molecule has 0 aliphatic carbocycles. The molecule has 0 unspecified atom stereocenters. The molecule has 2 aromatic heterocycles. The summed E-state index contributed by atoms with van der Waals surface area (Å²) in [5, 5.41) is 13.1. The number of nitrogens with one attached hydrogen (secondary N) is 1. The van der Waals surface area contributed by atoms with E-state index < -0.39 is 0 Å². The lowest BCUT2D eigenvalue weighted by Gasteiger charge is -2.27. The quantitative estimate of drug-likeness (QED) is 0.823. The molecule has 28 heavy (non-hydrogen) atoms. The molecule has 2 saturated heterocycles. The summed E-state index contributed by atoms with van der Waals surface area (Å²) in [4.78, 5) is 18.2. The second-order valence-electron chi connectivity index (χ2n) is 7.72. The van der Waals surface area contributed by atoms with Crippen LogP contribution in [0.4, 0.5) is 17.6 Å². The number of aromatic nitrogens is 3. The van der Waals surface area contributed by atoms with Crippen LogP contribution in [0, 0.1) is 0 Å². The topological polar surface area (TPSA) is 77.4 Å². The van der Waals surface area contributed by atoms with Gasteiger partial charge in [-0.25, -0.2) is 9.97 Å². The Morgan fingerprint density at radius 2 is 1.79 bits per heavy atom.